The average molecular weight is 178 g/mol. The van der Waals surface area contributed by atoms with Gasteiger partial charge in [0.1, 0.15) is 17.9 Å². The Bertz CT molecular complexity index is 369. The van der Waals surface area contributed by atoms with E-state index in [2.05, 4.69) is 0 Å². The van der Waals surface area contributed by atoms with Crippen LogP contribution in [0, 0.1) is 6.92 Å². The molecule has 0 unspecified atom stereocenters. The quantitative estimate of drug-likeness (QED) is 0.613. The van der Waals surface area contributed by atoms with Crippen LogP contribution in [0.15, 0.2) is 12.1 Å². The Balaban J connectivity index is 2.66. The maximum atomic E-state index is 11.3. The molecular formula is C10H10O3. The molecule has 0 atom stereocenters. The van der Waals surface area contributed by atoms with Gasteiger partial charge in [-0.3, -0.25) is 0 Å². The van der Waals surface area contributed by atoms with Crippen molar-refractivity contribution in [3.63, 3.8) is 0 Å². The first-order valence-corrected chi connectivity index (χ1v) is 4.07. The lowest BCUT2D eigenvalue weighted by atomic mass is 10.0. The molecule has 1 aromatic carbocycles. The number of rotatable bonds is 1. The number of carbonyl (C=O) groups is 1. The van der Waals surface area contributed by atoms with E-state index in [9.17, 15) is 4.79 Å². The van der Waals surface area contributed by atoms with Gasteiger partial charge in [0.05, 0.1) is 7.11 Å². The van der Waals surface area contributed by atoms with Crippen LogP contribution in [0.5, 0.6) is 5.75 Å². The largest absolute Gasteiger partial charge is 0.496 e. The molecule has 2 rings (SSSR count). The van der Waals surface area contributed by atoms with Crippen LogP contribution in [0.25, 0.3) is 0 Å². The highest BCUT2D eigenvalue weighted by molar-refractivity contribution is 5.96. The topological polar surface area (TPSA) is 35.5 Å². The molecule has 0 saturated heterocycles. The fraction of sp³-hybridized carbons (Fsp3) is 0.300. The number of hydrogen-bond acceptors (Lipinski definition) is 3. The van der Waals surface area contributed by atoms with Crippen LogP contribution in [-0.4, -0.2) is 13.1 Å². The van der Waals surface area contributed by atoms with Crippen LogP contribution in [0.2, 0.25) is 0 Å². The maximum Gasteiger partial charge on any atom is 0.342 e. The molecule has 3 heteroatoms. The van der Waals surface area contributed by atoms with E-state index in [1.54, 1.807) is 13.2 Å². The number of methoxy groups -OCH3 is 1. The van der Waals surface area contributed by atoms with E-state index in [1.165, 1.54) is 0 Å². The van der Waals surface area contributed by atoms with Gasteiger partial charge in [-0.05, 0) is 18.6 Å². The molecule has 0 fully saturated rings. The SMILES string of the molecule is COc1ccc(C)c2c1C(=O)OC2. The van der Waals surface area contributed by atoms with Gasteiger partial charge in [0, 0.05) is 5.56 Å². The third-order valence-corrected chi connectivity index (χ3v) is 2.28. The van der Waals surface area contributed by atoms with Crippen molar-refractivity contribution in [1.82, 2.24) is 0 Å². The summed E-state index contributed by atoms with van der Waals surface area (Å²) in [4.78, 5) is 11.3. The predicted molar refractivity (Wildman–Crippen MR) is 46.9 cm³/mol. The lowest BCUT2D eigenvalue weighted by Crippen LogP contribution is -1.98. The highest BCUT2D eigenvalue weighted by Crippen LogP contribution is 2.31. The summed E-state index contributed by atoms with van der Waals surface area (Å²) in [5.41, 5.74) is 2.61. The van der Waals surface area contributed by atoms with Crippen molar-refractivity contribution >= 4 is 5.97 Å². The number of fused-ring (bicyclic) bond motifs is 1. The predicted octanol–water partition coefficient (Wildman–Crippen LogP) is 1.67. The van der Waals surface area contributed by atoms with Crippen LogP contribution >= 0.6 is 0 Å². The molecule has 0 amide bonds. The van der Waals surface area contributed by atoms with Crippen LogP contribution in [0.3, 0.4) is 0 Å². The van der Waals surface area contributed by atoms with Crippen molar-refractivity contribution in [2.24, 2.45) is 0 Å². The first-order valence-electron chi connectivity index (χ1n) is 4.07. The molecule has 1 heterocycles. The molecule has 0 saturated carbocycles. The van der Waals surface area contributed by atoms with Crippen molar-refractivity contribution in [2.45, 2.75) is 13.5 Å². The molecule has 0 radical (unpaired) electrons. The van der Waals surface area contributed by atoms with Gasteiger partial charge >= 0.3 is 5.97 Å². The normalized spacial score (nSPS) is 13.8. The molecule has 13 heavy (non-hydrogen) atoms. The van der Waals surface area contributed by atoms with E-state index in [-0.39, 0.29) is 5.97 Å². The van der Waals surface area contributed by atoms with Gasteiger partial charge in [-0.25, -0.2) is 4.79 Å². The van der Waals surface area contributed by atoms with Gasteiger partial charge in [0.25, 0.3) is 0 Å². The second kappa shape index (κ2) is 2.76. The third-order valence-electron chi connectivity index (χ3n) is 2.28. The Morgan fingerprint density at radius 2 is 2.23 bits per heavy atom. The molecule has 0 spiro atoms. The third kappa shape index (κ3) is 1.08. The van der Waals surface area contributed by atoms with Crippen LogP contribution < -0.4 is 4.74 Å². The summed E-state index contributed by atoms with van der Waals surface area (Å²) in [6, 6.07) is 3.72. The van der Waals surface area contributed by atoms with Gasteiger partial charge in [0.15, 0.2) is 0 Å². The number of benzene rings is 1. The maximum absolute atomic E-state index is 11.3. The first-order chi connectivity index (χ1) is 6.24. The summed E-state index contributed by atoms with van der Waals surface area (Å²) in [6.07, 6.45) is 0. The fourth-order valence-electron chi connectivity index (χ4n) is 1.52. The van der Waals surface area contributed by atoms with E-state index < -0.39 is 0 Å². The lowest BCUT2D eigenvalue weighted by molar-refractivity contribution is 0.0532. The molecule has 1 aromatic rings. The van der Waals surface area contributed by atoms with Crippen LogP contribution in [0.4, 0.5) is 0 Å². The monoisotopic (exact) mass is 178 g/mol. The summed E-state index contributed by atoms with van der Waals surface area (Å²) in [5.74, 6) is 0.318. The minimum absolute atomic E-state index is 0.282. The summed E-state index contributed by atoms with van der Waals surface area (Å²) < 4.78 is 10.0. The average Bonchev–Trinajstić information content (AvgIpc) is 2.51. The molecule has 1 aliphatic heterocycles. The molecule has 3 nitrogen and oxygen atoms in total. The molecule has 1 aliphatic rings. The van der Waals surface area contributed by atoms with Gasteiger partial charge in [0.2, 0.25) is 0 Å². The standard InChI is InChI=1S/C10H10O3/c1-6-3-4-8(12-2)9-7(6)5-13-10(9)11/h3-4H,5H2,1-2H3. The molecule has 0 aliphatic carbocycles. The minimum atomic E-state index is -0.282. The lowest BCUT2D eigenvalue weighted by Gasteiger charge is -2.05. The highest BCUT2D eigenvalue weighted by atomic mass is 16.5. The molecule has 68 valence electrons. The van der Waals surface area contributed by atoms with Gasteiger partial charge in [-0.1, -0.05) is 6.07 Å². The second-order valence-electron chi connectivity index (χ2n) is 3.01. The number of cyclic esters (lactones) is 1. The zero-order chi connectivity index (χ0) is 9.42. The summed E-state index contributed by atoms with van der Waals surface area (Å²) in [7, 11) is 1.55. The van der Waals surface area contributed by atoms with E-state index in [0.29, 0.717) is 17.9 Å². The number of esters is 1. The van der Waals surface area contributed by atoms with Crippen molar-refractivity contribution in [2.75, 3.05) is 7.11 Å². The molecule has 0 aromatic heterocycles. The Labute approximate surface area is 76.3 Å². The summed E-state index contributed by atoms with van der Waals surface area (Å²) in [6.45, 7) is 2.33. The van der Waals surface area contributed by atoms with Crippen molar-refractivity contribution < 1.29 is 14.3 Å². The molecule has 0 N–H and O–H groups in total. The first kappa shape index (κ1) is 8.10. The Hall–Kier alpha value is -1.51. The number of hydrogen-bond donors (Lipinski definition) is 0. The highest BCUT2D eigenvalue weighted by Gasteiger charge is 2.26. The van der Waals surface area contributed by atoms with E-state index >= 15 is 0 Å². The van der Waals surface area contributed by atoms with Crippen molar-refractivity contribution in [1.29, 1.82) is 0 Å². The summed E-state index contributed by atoms with van der Waals surface area (Å²) >= 11 is 0. The van der Waals surface area contributed by atoms with Crippen molar-refractivity contribution in [3.05, 3.63) is 28.8 Å². The van der Waals surface area contributed by atoms with E-state index in [4.69, 9.17) is 9.47 Å². The van der Waals surface area contributed by atoms with Crippen LogP contribution in [-0.2, 0) is 11.3 Å². The Morgan fingerprint density at radius 3 is 2.92 bits per heavy atom. The number of aryl methyl sites for hydroxylation is 1. The zero-order valence-electron chi connectivity index (χ0n) is 7.59. The molecular weight excluding hydrogens is 168 g/mol. The Morgan fingerprint density at radius 1 is 1.46 bits per heavy atom. The van der Waals surface area contributed by atoms with Gasteiger partial charge in [-0.2, -0.15) is 0 Å². The minimum Gasteiger partial charge on any atom is -0.496 e. The smallest absolute Gasteiger partial charge is 0.342 e. The number of ether oxygens (including phenoxy) is 2. The van der Waals surface area contributed by atoms with Crippen molar-refractivity contribution in [3.8, 4) is 5.75 Å². The van der Waals surface area contributed by atoms with E-state index in [1.807, 2.05) is 13.0 Å². The second-order valence-corrected chi connectivity index (χ2v) is 3.01. The number of carbonyl (C=O) groups excluding carboxylic acids is 1. The van der Waals surface area contributed by atoms with Gasteiger partial charge in [-0.15, -0.1) is 0 Å². The zero-order valence-corrected chi connectivity index (χ0v) is 7.59. The fourth-order valence-corrected chi connectivity index (χ4v) is 1.52. The van der Waals surface area contributed by atoms with Gasteiger partial charge < -0.3 is 9.47 Å². The van der Waals surface area contributed by atoms with E-state index in [0.717, 1.165) is 11.1 Å². The summed E-state index contributed by atoms with van der Waals surface area (Å²) in [5, 5.41) is 0. The molecule has 0 bridgehead atoms. The van der Waals surface area contributed by atoms with Crippen LogP contribution in [0.1, 0.15) is 21.5 Å². The Kier molecular flexibility index (Phi) is 1.72.